The van der Waals surface area contributed by atoms with E-state index in [1.54, 1.807) is 0 Å². The molecule has 5 aromatic carbocycles. The minimum Gasteiger partial charge on any atom is -0.429 e. The van der Waals surface area contributed by atoms with E-state index in [9.17, 15) is 30.7 Å². The zero-order valence-corrected chi connectivity index (χ0v) is 23.2. The van der Waals surface area contributed by atoms with E-state index in [4.69, 9.17) is 0 Å². The summed E-state index contributed by atoms with van der Waals surface area (Å²) in [6.45, 7) is 2.14. The number of unbranched alkanes of at least 4 members (excludes halogenated alkanes) is 1. The number of rotatable bonds is 9. The molecule has 0 fully saturated rings. The van der Waals surface area contributed by atoms with Crippen LogP contribution in [0.1, 0.15) is 30.9 Å². The van der Waals surface area contributed by atoms with Crippen molar-refractivity contribution in [3.8, 4) is 39.1 Å². The molecule has 5 rings (SSSR count). The van der Waals surface area contributed by atoms with Gasteiger partial charge in [0.25, 0.3) is 0 Å². The van der Waals surface area contributed by atoms with Crippen LogP contribution in [0, 0.1) is 34.9 Å². The van der Waals surface area contributed by atoms with E-state index in [0.717, 1.165) is 36.5 Å². The molecule has 0 unspecified atom stereocenters. The van der Waals surface area contributed by atoms with Crippen molar-refractivity contribution < 1.29 is 39.9 Å². The molecule has 0 aliphatic carbocycles. The highest BCUT2D eigenvalue weighted by atomic mass is 19.3. The van der Waals surface area contributed by atoms with E-state index in [1.165, 1.54) is 17.7 Å². The van der Waals surface area contributed by atoms with Crippen LogP contribution >= 0.6 is 0 Å². The molecule has 0 heterocycles. The quantitative estimate of drug-likeness (QED) is 0.119. The summed E-state index contributed by atoms with van der Waals surface area (Å²) in [7, 11) is 0. The first-order chi connectivity index (χ1) is 21.0. The third kappa shape index (κ3) is 6.46. The molecule has 0 bridgehead atoms. The Morgan fingerprint density at radius 1 is 0.545 bits per heavy atom. The summed E-state index contributed by atoms with van der Waals surface area (Å²) >= 11 is 0. The van der Waals surface area contributed by atoms with Crippen LogP contribution in [0.2, 0.25) is 0 Å². The van der Waals surface area contributed by atoms with Gasteiger partial charge < -0.3 is 4.74 Å². The molecule has 44 heavy (non-hydrogen) atoms. The van der Waals surface area contributed by atoms with E-state index in [0.29, 0.717) is 23.3 Å². The zero-order chi connectivity index (χ0) is 31.6. The number of benzene rings is 5. The summed E-state index contributed by atoms with van der Waals surface area (Å²) in [5.41, 5.74) is 1.90. The number of ether oxygens (including phenoxy) is 1. The molecule has 0 saturated heterocycles. The third-order valence-corrected chi connectivity index (χ3v) is 7.14. The Bertz CT molecular complexity index is 1750. The molecule has 0 aliphatic heterocycles. The maximum absolute atomic E-state index is 15.2. The maximum atomic E-state index is 15.2. The van der Waals surface area contributed by atoms with Gasteiger partial charge in [-0.25, -0.2) is 26.3 Å². The molecular formula is C35H24F8O. The SMILES string of the molecule is CCCCc1ccc(-c2ccc(-c3ccc(-c4cc(F)c(C(F)(F)Oc5cc(F)c(F)c(F)c5)c(F)c4)c(F)c3)cc2)cc1. The standard InChI is InChI=1S/C35H24F8O/c1-2-3-4-20-5-7-21(8-6-20)22-9-11-23(12-10-22)24-13-14-27(28(36)15-24)25-16-29(37)33(30(38)17-25)35(42,43)44-26-18-31(39)34(41)32(40)19-26/h5-19H,2-4H2,1H3. The lowest BCUT2D eigenvalue weighted by atomic mass is 9.96. The Labute approximate surface area is 248 Å². The fourth-order valence-electron chi connectivity index (χ4n) is 4.83. The van der Waals surface area contributed by atoms with Crippen molar-refractivity contribution in [2.75, 3.05) is 0 Å². The lowest BCUT2D eigenvalue weighted by Gasteiger charge is -2.20. The van der Waals surface area contributed by atoms with Crippen LogP contribution in [-0.4, -0.2) is 0 Å². The molecule has 1 nitrogen and oxygen atoms in total. The first-order valence-electron chi connectivity index (χ1n) is 13.7. The van der Waals surface area contributed by atoms with Crippen molar-refractivity contribution in [3.63, 3.8) is 0 Å². The number of hydrogen-bond acceptors (Lipinski definition) is 1. The monoisotopic (exact) mass is 612 g/mol. The molecule has 0 N–H and O–H groups in total. The van der Waals surface area contributed by atoms with Gasteiger partial charge in [0.05, 0.1) is 0 Å². The Morgan fingerprint density at radius 3 is 1.55 bits per heavy atom. The molecule has 9 heteroatoms. The van der Waals surface area contributed by atoms with Crippen molar-refractivity contribution >= 4 is 0 Å². The van der Waals surface area contributed by atoms with E-state index in [-0.39, 0.29) is 23.3 Å². The number of halogens is 8. The van der Waals surface area contributed by atoms with Gasteiger partial charge in [-0.1, -0.05) is 74.0 Å². The largest absolute Gasteiger partial charge is 0.432 e. The van der Waals surface area contributed by atoms with Gasteiger partial charge in [-0.2, -0.15) is 8.78 Å². The average molecular weight is 613 g/mol. The van der Waals surface area contributed by atoms with E-state index < -0.39 is 52.3 Å². The molecule has 0 aromatic heterocycles. The molecular weight excluding hydrogens is 588 g/mol. The highest BCUT2D eigenvalue weighted by molar-refractivity contribution is 5.74. The van der Waals surface area contributed by atoms with E-state index in [2.05, 4.69) is 23.8 Å². The first kappa shape index (κ1) is 30.8. The summed E-state index contributed by atoms with van der Waals surface area (Å²) in [5, 5.41) is 0. The van der Waals surface area contributed by atoms with Crippen LogP contribution in [0.4, 0.5) is 35.1 Å². The van der Waals surface area contributed by atoms with Gasteiger partial charge in [0.2, 0.25) is 0 Å². The van der Waals surface area contributed by atoms with E-state index >= 15 is 4.39 Å². The molecule has 0 saturated carbocycles. The Kier molecular flexibility index (Phi) is 8.76. The molecule has 5 aromatic rings. The predicted octanol–water partition coefficient (Wildman–Crippen LogP) is 11.0. The molecule has 0 aliphatic rings. The summed E-state index contributed by atoms with van der Waals surface area (Å²) < 4.78 is 118. The van der Waals surface area contributed by atoms with Crippen LogP contribution < -0.4 is 4.74 Å². The molecule has 0 atom stereocenters. The number of hydrogen-bond donors (Lipinski definition) is 0. The van der Waals surface area contributed by atoms with Crippen molar-refractivity contribution in [3.05, 3.63) is 137 Å². The Balaban J connectivity index is 1.36. The van der Waals surface area contributed by atoms with Crippen LogP contribution in [0.25, 0.3) is 33.4 Å². The Hall–Kier alpha value is -4.66. The van der Waals surface area contributed by atoms with Gasteiger partial charge in [-0.3, -0.25) is 0 Å². The van der Waals surface area contributed by atoms with Crippen LogP contribution in [0.3, 0.4) is 0 Å². The maximum Gasteiger partial charge on any atom is 0.432 e. The van der Waals surface area contributed by atoms with Gasteiger partial charge in [-0.05, 0) is 64.4 Å². The molecule has 0 radical (unpaired) electrons. The third-order valence-electron chi connectivity index (χ3n) is 7.14. The van der Waals surface area contributed by atoms with Gasteiger partial charge in [0, 0.05) is 17.7 Å². The highest BCUT2D eigenvalue weighted by Crippen LogP contribution is 2.38. The van der Waals surface area contributed by atoms with Crippen molar-refractivity contribution in [2.45, 2.75) is 32.3 Å². The summed E-state index contributed by atoms with van der Waals surface area (Å²) in [6.07, 6.45) is -1.50. The Morgan fingerprint density at radius 2 is 1.02 bits per heavy atom. The zero-order valence-electron chi connectivity index (χ0n) is 23.2. The minimum atomic E-state index is -4.75. The average Bonchev–Trinajstić information content (AvgIpc) is 2.98. The minimum absolute atomic E-state index is 0.104. The predicted molar refractivity (Wildman–Crippen MR) is 152 cm³/mol. The normalized spacial score (nSPS) is 11.6. The van der Waals surface area contributed by atoms with Crippen molar-refractivity contribution in [1.82, 2.24) is 0 Å². The topological polar surface area (TPSA) is 9.23 Å². The van der Waals surface area contributed by atoms with Gasteiger partial charge in [0.15, 0.2) is 17.5 Å². The van der Waals surface area contributed by atoms with Gasteiger partial charge >= 0.3 is 6.11 Å². The first-order valence-corrected chi connectivity index (χ1v) is 13.7. The van der Waals surface area contributed by atoms with E-state index in [1.807, 2.05) is 36.4 Å². The second-order valence-electron chi connectivity index (χ2n) is 10.2. The van der Waals surface area contributed by atoms with Crippen LogP contribution in [0.5, 0.6) is 5.75 Å². The molecule has 0 spiro atoms. The lowest BCUT2D eigenvalue weighted by Crippen LogP contribution is -2.25. The summed E-state index contributed by atoms with van der Waals surface area (Å²) in [4.78, 5) is 0. The second-order valence-corrected chi connectivity index (χ2v) is 10.2. The highest BCUT2D eigenvalue weighted by Gasteiger charge is 2.41. The summed E-state index contributed by atoms with van der Waals surface area (Å²) in [6, 6.07) is 20.8. The van der Waals surface area contributed by atoms with Crippen molar-refractivity contribution in [1.29, 1.82) is 0 Å². The molecule has 226 valence electrons. The number of aryl methyl sites for hydroxylation is 1. The van der Waals surface area contributed by atoms with Crippen molar-refractivity contribution in [2.24, 2.45) is 0 Å². The lowest BCUT2D eigenvalue weighted by molar-refractivity contribution is -0.189. The van der Waals surface area contributed by atoms with Gasteiger partial charge in [-0.15, -0.1) is 0 Å². The fraction of sp³-hybridized carbons (Fsp3) is 0.143. The fourth-order valence-corrected chi connectivity index (χ4v) is 4.83. The smallest absolute Gasteiger partial charge is 0.429 e. The second kappa shape index (κ2) is 12.5. The number of alkyl halides is 2. The van der Waals surface area contributed by atoms with Crippen LogP contribution in [0.15, 0.2) is 91.0 Å². The van der Waals surface area contributed by atoms with Crippen LogP contribution in [-0.2, 0) is 12.5 Å². The molecule has 0 amide bonds. The summed E-state index contributed by atoms with van der Waals surface area (Å²) in [5.74, 6) is -11.3. The van der Waals surface area contributed by atoms with Gasteiger partial charge in [0.1, 0.15) is 28.8 Å².